The molecular formula is C14H16N2O2. The highest BCUT2D eigenvalue weighted by Gasteiger charge is 2.12. The van der Waals surface area contributed by atoms with Gasteiger partial charge in [-0.25, -0.2) is 0 Å². The fourth-order valence-electron chi connectivity index (χ4n) is 1.84. The van der Waals surface area contributed by atoms with Crippen LogP contribution in [0.4, 0.5) is 0 Å². The monoisotopic (exact) mass is 244 g/mol. The second-order valence-electron chi connectivity index (χ2n) is 4.07. The number of benzene rings is 1. The van der Waals surface area contributed by atoms with Crippen LogP contribution in [0, 0.1) is 0 Å². The summed E-state index contributed by atoms with van der Waals surface area (Å²) >= 11 is 0. The van der Waals surface area contributed by atoms with Crippen molar-refractivity contribution in [3.05, 3.63) is 42.1 Å². The molecule has 4 heteroatoms. The summed E-state index contributed by atoms with van der Waals surface area (Å²) in [6.45, 7) is 2.16. The van der Waals surface area contributed by atoms with Crippen molar-refractivity contribution >= 4 is 16.9 Å². The average Bonchev–Trinajstić information content (AvgIpc) is 2.38. The third-order valence-electron chi connectivity index (χ3n) is 2.75. The molecule has 1 aromatic heterocycles. The molecule has 1 unspecified atom stereocenters. The van der Waals surface area contributed by atoms with Crippen molar-refractivity contribution in [1.82, 2.24) is 4.98 Å². The van der Waals surface area contributed by atoms with Crippen LogP contribution < -0.4 is 5.73 Å². The molecule has 0 bridgehead atoms. The van der Waals surface area contributed by atoms with Crippen LogP contribution in [0.25, 0.3) is 10.9 Å². The maximum absolute atomic E-state index is 11.4. The summed E-state index contributed by atoms with van der Waals surface area (Å²) in [4.78, 5) is 15.6. The number of hydrogen-bond donors (Lipinski definition) is 1. The van der Waals surface area contributed by atoms with Crippen molar-refractivity contribution in [2.75, 3.05) is 6.61 Å². The topological polar surface area (TPSA) is 65.2 Å². The van der Waals surface area contributed by atoms with Crippen molar-refractivity contribution in [3.8, 4) is 0 Å². The predicted molar refractivity (Wildman–Crippen MR) is 69.9 cm³/mol. The Balaban J connectivity index is 2.17. The van der Waals surface area contributed by atoms with Gasteiger partial charge in [-0.15, -0.1) is 0 Å². The predicted octanol–water partition coefficient (Wildman–Crippen LogP) is 2.19. The average molecular weight is 244 g/mol. The number of nitrogens with two attached hydrogens (primary N) is 1. The zero-order valence-electron chi connectivity index (χ0n) is 10.3. The van der Waals surface area contributed by atoms with Crippen molar-refractivity contribution in [1.29, 1.82) is 0 Å². The summed E-state index contributed by atoms with van der Waals surface area (Å²) in [5.74, 6) is -0.267. The molecule has 2 aromatic rings. The largest absolute Gasteiger partial charge is 0.466 e. The van der Waals surface area contributed by atoms with Crippen LogP contribution in [0.1, 0.15) is 24.9 Å². The zero-order valence-corrected chi connectivity index (χ0v) is 10.3. The Morgan fingerprint density at radius 2 is 2.28 bits per heavy atom. The lowest BCUT2D eigenvalue weighted by atomic mass is 10.0. The zero-order chi connectivity index (χ0) is 13.0. The number of nitrogens with zero attached hydrogens (tertiary/aromatic N) is 1. The molecule has 0 spiro atoms. The number of esters is 1. The van der Waals surface area contributed by atoms with E-state index < -0.39 is 0 Å². The number of carbonyl (C=O) groups is 1. The van der Waals surface area contributed by atoms with Crippen molar-refractivity contribution in [2.24, 2.45) is 5.73 Å². The first-order valence-corrected chi connectivity index (χ1v) is 5.96. The Bertz CT molecular complexity index is 554. The molecule has 1 heterocycles. The number of hydrogen-bond acceptors (Lipinski definition) is 4. The summed E-state index contributed by atoms with van der Waals surface area (Å²) in [5.41, 5.74) is 7.84. The number of pyridine rings is 1. The minimum absolute atomic E-state index is 0.194. The van der Waals surface area contributed by atoms with Gasteiger partial charge in [0.1, 0.15) is 0 Å². The van der Waals surface area contributed by atoms with E-state index in [9.17, 15) is 4.79 Å². The van der Waals surface area contributed by atoms with E-state index in [-0.39, 0.29) is 18.4 Å². The fraction of sp³-hybridized carbons (Fsp3) is 0.286. The summed E-state index contributed by atoms with van der Waals surface area (Å²) < 4.78 is 4.89. The molecule has 18 heavy (non-hydrogen) atoms. The first-order chi connectivity index (χ1) is 8.70. The van der Waals surface area contributed by atoms with Gasteiger partial charge < -0.3 is 10.5 Å². The van der Waals surface area contributed by atoms with E-state index in [1.165, 1.54) is 0 Å². The van der Waals surface area contributed by atoms with Gasteiger partial charge in [0.2, 0.25) is 0 Å². The summed E-state index contributed by atoms with van der Waals surface area (Å²) in [7, 11) is 0. The van der Waals surface area contributed by atoms with E-state index >= 15 is 0 Å². The Morgan fingerprint density at radius 3 is 3.06 bits per heavy atom. The second-order valence-corrected chi connectivity index (χ2v) is 4.07. The van der Waals surface area contributed by atoms with Crippen LogP contribution in [-0.4, -0.2) is 17.6 Å². The highest BCUT2D eigenvalue weighted by Crippen LogP contribution is 2.19. The SMILES string of the molecule is CCOC(=O)CC(N)c1ccc2ncccc2c1. The van der Waals surface area contributed by atoms with E-state index in [1.54, 1.807) is 13.1 Å². The summed E-state index contributed by atoms with van der Waals surface area (Å²) in [5, 5.41) is 1.02. The number of ether oxygens (including phenoxy) is 1. The minimum atomic E-state index is -0.339. The molecule has 0 amide bonds. The molecule has 0 radical (unpaired) electrons. The molecule has 0 aliphatic rings. The molecule has 1 aromatic carbocycles. The fourth-order valence-corrected chi connectivity index (χ4v) is 1.84. The summed E-state index contributed by atoms with van der Waals surface area (Å²) in [6.07, 6.45) is 1.94. The smallest absolute Gasteiger partial charge is 0.307 e. The van der Waals surface area contributed by atoms with E-state index in [4.69, 9.17) is 10.5 Å². The lowest BCUT2D eigenvalue weighted by Crippen LogP contribution is -2.17. The Labute approximate surface area is 106 Å². The van der Waals surface area contributed by atoms with Gasteiger partial charge in [0.25, 0.3) is 0 Å². The normalized spacial score (nSPS) is 12.3. The van der Waals surface area contributed by atoms with Crippen LogP contribution in [0.2, 0.25) is 0 Å². The van der Waals surface area contributed by atoms with Gasteiger partial charge in [0.05, 0.1) is 18.5 Å². The van der Waals surface area contributed by atoms with Crippen LogP contribution in [0.5, 0.6) is 0 Å². The van der Waals surface area contributed by atoms with Gasteiger partial charge in [-0.05, 0) is 30.7 Å². The van der Waals surface area contributed by atoms with E-state index in [2.05, 4.69) is 4.98 Å². The molecule has 0 aliphatic heterocycles. The van der Waals surface area contributed by atoms with Crippen molar-refractivity contribution < 1.29 is 9.53 Å². The maximum Gasteiger partial charge on any atom is 0.307 e. The standard InChI is InChI=1S/C14H16N2O2/c1-2-18-14(17)9-12(15)10-5-6-13-11(8-10)4-3-7-16-13/h3-8,12H,2,9,15H2,1H3. The molecule has 0 fully saturated rings. The third kappa shape index (κ3) is 2.84. The van der Waals surface area contributed by atoms with Gasteiger partial charge >= 0.3 is 5.97 Å². The van der Waals surface area contributed by atoms with E-state index in [0.717, 1.165) is 16.5 Å². The lowest BCUT2D eigenvalue weighted by molar-refractivity contribution is -0.143. The molecule has 2 N–H and O–H groups in total. The molecule has 0 aliphatic carbocycles. The molecule has 2 rings (SSSR count). The number of carbonyl (C=O) groups excluding carboxylic acids is 1. The van der Waals surface area contributed by atoms with E-state index in [0.29, 0.717) is 6.61 Å². The lowest BCUT2D eigenvalue weighted by Gasteiger charge is -2.11. The quantitative estimate of drug-likeness (QED) is 0.837. The molecule has 94 valence electrons. The Morgan fingerprint density at radius 1 is 1.44 bits per heavy atom. The maximum atomic E-state index is 11.4. The van der Waals surface area contributed by atoms with Crippen molar-refractivity contribution in [2.45, 2.75) is 19.4 Å². The van der Waals surface area contributed by atoms with Gasteiger partial charge in [0, 0.05) is 17.6 Å². The van der Waals surface area contributed by atoms with Gasteiger partial charge in [0.15, 0.2) is 0 Å². The highest BCUT2D eigenvalue weighted by molar-refractivity contribution is 5.79. The second kappa shape index (κ2) is 5.60. The van der Waals surface area contributed by atoms with Gasteiger partial charge in [-0.3, -0.25) is 9.78 Å². The molecule has 0 saturated carbocycles. The first-order valence-electron chi connectivity index (χ1n) is 5.96. The molecule has 0 saturated heterocycles. The van der Waals surface area contributed by atoms with Crippen molar-refractivity contribution in [3.63, 3.8) is 0 Å². The Kier molecular flexibility index (Phi) is 3.89. The Hall–Kier alpha value is -1.94. The summed E-state index contributed by atoms with van der Waals surface area (Å²) in [6, 6.07) is 9.29. The van der Waals surface area contributed by atoms with Gasteiger partial charge in [-0.2, -0.15) is 0 Å². The number of fused-ring (bicyclic) bond motifs is 1. The first kappa shape index (κ1) is 12.5. The van der Waals surface area contributed by atoms with Crippen LogP contribution in [0.15, 0.2) is 36.5 Å². The molecule has 4 nitrogen and oxygen atoms in total. The van der Waals surface area contributed by atoms with Crippen LogP contribution >= 0.6 is 0 Å². The van der Waals surface area contributed by atoms with E-state index in [1.807, 2.05) is 30.3 Å². The number of rotatable bonds is 4. The third-order valence-corrected chi connectivity index (χ3v) is 2.75. The highest BCUT2D eigenvalue weighted by atomic mass is 16.5. The molecular weight excluding hydrogens is 228 g/mol. The van der Waals surface area contributed by atoms with Crippen LogP contribution in [0.3, 0.4) is 0 Å². The minimum Gasteiger partial charge on any atom is -0.466 e. The van der Waals surface area contributed by atoms with Gasteiger partial charge in [-0.1, -0.05) is 12.1 Å². The van der Waals surface area contributed by atoms with Crippen LogP contribution in [-0.2, 0) is 9.53 Å². The number of aromatic nitrogens is 1. The molecule has 1 atom stereocenters.